The summed E-state index contributed by atoms with van der Waals surface area (Å²) in [6, 6.07) is 14.7. The van der Waals surface area contributed by atoms with Gasteiger partial charge in [-0.3, -0.25) is 10.1 Å². The maximum Gasteiger partial charge on any atom is 0.511 e. The molecule has 0 saturated heterocycles. The van der Waals surface area contributed by atoms with E-state index in [0.29, 0.717) is 22.7 Å². The van der Waals surface area contributed by atoms with E-state index in [9.17, 15) is 20.0 Å². The Balaban J connectivity index is 2.03. The highest BCUT2D eigenvalue weighted by molar-refractivity contribution is 5.60. The van der Waals surface area contributed by atoms with Crippen molar-refractivity contribution in [3.8, 4) is 5.75 Å². The van der Waals surface area contributed by atoms with Gasteiger partial charge in [-0.05, 0) is 32.4 Å². The summed E-state index contributed by atoms with van der Waals surface area (Å²) in [6.07, 6.45) is -1.54. The van der Waals surface area contributed by atoms with Crippen molar-refractivity contribution < 1.29 is 24.3 Å². The summed E-state index contributed by atoms with van der Waals surface area (Å²) in [7, 11) is 0. The summed E-state index contributed by atoms with van der Waals surface area (Å²) in [5, 5.41) is 23.9. The number of dihydropyridines is 1. The first-order valence-electron chi connectivity index (χ1n) is 9.29. The molecule has 156 valence electrons. The predicted octanol–water partition coefficient (Wildman–Crippen LogP) is 4.70. The molecule has 8 heteroatoms. The molecule has 30 heavy (non-hydrogen) atoms. The van der Waals surface area contributed by atoms with Crippen LogP contribution in [0, 0.1) is 17.0 Å². The minimum absolute atomic E-state index is 0.0498. The molecule has 0 amide bonds. The third-order valence-electron chi connectivity index (χ3n) is 4.80. The highest BCUT2D eigenvalue weighted by Gasteiger charge is 2.41. The zero-order chi connectivity index (χ0) is 21.8. The Hall–Kier alpha value is -3.81. The van der Waals surface area contributed by atoms with Crippen LogP contribution in [-0.2, 0) is 11.3 Å². The highest BCUT2D eigenvalue weighted by Crippen LogP contribution is 2.42. The Kier molecular flexibility index (Phi) is 6.06. The molecule has 0 radical (unpaired) electrons. The molecule has 0 spiro atoms. The number of aryl methyl sites for hydroxylation is 1. The smallest absolute Gasteiger partial charge is 0.489 e. The highest BCUT2D eigenvalue weighted by atomic mass is 16.7. The first-order valence-corrected chi connectivity index (χ1v) is 9.29. The van der Waals surface area contributed by atoms with E-state index in [0.717, 1.165) is 11.1 Å². The predicted molar refractivity (Wildman–Crippen MR) is 109 cm³/mol. The number of carboxylic acid groups (broad SMARTS) is 1. The number of para-hydroxylation sites is 1. The molecule has 0 aliphatic carbocycles. The number of hydrogen-bond donors (Lipinski definition) is 2. The van der Waals surface area contributed by atoms with Gasteiger partial charge in [0.25, 0.3) is 5.70 Å². The van der Waals surface area contributed by atoms with Crippen LogP contribution in [0.15, 0.2) is 71.4 Å². The standard InChI is InChI=1S/C22H22N2O6/c1-13-8-10-16(11-9-13)12-29-18-7-5-4-6-17(18)19-20(24(27)28)14(2)23-15(3)21(19)30-22(25)26/h4-11,19,23H,12H2,1-3H3,(H,25,26). The molecule has 1 heterocycles. The van der Waals surface area contributed by atoms with Gasteiger partial charge in [-0.25, -0.2) is 4.79 Å². The molecule has 1 unspecified atom stereocenters. The number of benzene rings is 2. The minimum Gasteiger partial charge on any atom is -0.489 e. The molecule has 1 aliphatic heterocycles. The molecular formula is C22H22N2O6. The van der Waals surface area contributed by atoms with Gasteiger partial charge in [-0.1, -0.05) is 48.0 Å². The van der Waals surface area contributed by atoms with Crippen LogP contribution in [-0.4, -0.2) is 16.2 Å². The van der Waals surface area contributed by atoms with Gasteiger partial charge < -0.3 is 19.9 Å². The van der Waals surface area contributed by atoms with Crippen molar-refractivity contribution >= 4 is 6.16 Å². The normalized spacial score (nSPS) is 16.2. The number of carbonyl (C=O) groups is 1. The fourth-order valence-corrected chi connectivity index (χ4v) is 3.42. The molecule has 0 fully saturated rings. The van der Waals surface area contributed by atoms with Gasteiger partial charge in [-0.15, -0.1) is 0 Å². The lowest BCUT2D eigenvalue weighted by atomic mass is 9.88. The quantitative estimate of drug-likeness (QED) is 0.403. The first-order chi connectivity index (χ1) is 14.3. The van der Waals surface area contributed by atoms with Crippen LogP contribution in [0.5, 0.6) is 5.75 Å². The van der Waals surface area contributed by atoms with Gasteiger partial charge in [0, 0.05) is 5.56 Å². The number of hydrogen-bond acceptors (Lipinski definition) is 6. The molecule has 0 aromatic heterocycles. The van der Waals surface area contributed by atoms with Crippen LogP contribution in [0.4, 0.5) is 4.79 Å². The second kappa shape index (κ2) is 8.69. The molecule has 8 nitrogen and oxygen atoms in total. The van der Waals surface area contributed by atoms with Gasteiger partial charge in [0.1, 0.15) is 24.0 Å². The van der Waals surface area contributed by atoms with Crippen LogP contribution >= 0.6 is 0 Å². The fourth-order valence-electron chi connectivity index (χ4n) is 3.42. The van der Waals surface area contributed by atoms with Crippen molar-refractivity contribution in [2.24, 2.45) is 0 Å². The topological polar surface area (TPSA) is 111 Å². The Labute approximate surface area is 173 Å². The van der Waals surface area contributed by atoms with Crippen molar-refractivity contribution in [1.82, 2.24) is 5.32 Å². The van der Waals surface area contributed by atoms with E-state index in [1.807, 2.05) is 31.2 Å². The van der Waals surface area contributed by atoms with Crippen LogP contribution in [0.25, 0.3) is 0 Å². The third kappa shape index (κ3) is 4.43. The summed E-state index contributed by atoms with van der Waals surface area (Å²) >= 11 is 0. The zero-order valence-electron chi connectivity index (χ0n) is 16.8. The number of ether oxygens (including phenoxy) is 2. The third-order valence-corrected chi connectivity index (χ3v) is 4.80. The van der Waals surface area contributed by atoms with Gasteiger partial charge in [0.2, 0.25) is 0 Å². The molecular weight excluding hydrogens is 388 g/mol. The van der Waals surface area contributed by atoms with Crippen LogP contribution < -0.4 is 10.1 Å². The number of allylic oxidation sites excluding steroid dienone is 2. The van der Waals surface area contributed by atoms with Gasteiger partial charge >= 0.3 is 6.16 Å². The van der Waals surface area contributed by atoms with E-state index in [1.165, 1.54) is 0 Å². The largest absolute Gasteiger partial charge is 0.511 e. The Morgan fingerprint density at radius 1 is 1.10 bits per heavy atom. The number of nitrogens with one attached hydrogen (secondary N) is 1. The molecule has 2 N–H and O–H groups in total. The summed E-state index contributed by atoms with van der Waals surface area (Å²) in [5.74, 6) is -0.672. The second-order valence-corrected chi connectivity index (χ2v) is 6.99. The molecule has 0 saturated carbocycles. The molecule has 2 aromatic carbocycles. The summed E-state index contributed by atoms with van der Waals surface area (Å²) in [4.78, 5) is 22.6. The van der Waals surface area contributed by atoms with Crippen molar-refractivity contribution in [3.63, 3.8) is 0 Å². The first kappa shape index (κ1) is 20.9. The monoisotopic (exact) mass is 410 g/mol. The van der Waals surface area contributed by atoms with Crippen molar-refractivity contribution in [1.29, 1.82) is 0 Å². The lowest BCUT2D eigenvalue weighted by Crippen LogP contribution is -2.29. The van der Waals surface area contributed by atoms with E-state index in [2.05, 4.69) is 5.32 Å². The molecule has 1 atom stereocenters. The Bertz CT molecular complexity index is 1040. The van der Waals surface area contributed by atoms with E-state index in [-0.39, 0.29) is 18.1 Å². The van der Waals surface area contributed by atoms with Gasteiger partial charge in [0.05, 0.1) is 16.3 Å². The van der Waals surface area contributed by atoms with E-state index >= 15 is 0 Å². The average Bonchev–Trinajstić information content (AvgIpc) is 2.69. The molecule has 1 aliphatic rings. The van der Waals surface area contributed by atoms with E-state index in [1.54, 1.807) is 38.1 Å². The van der Waals surface area contributed by atoms with E-state index < -0.39 is 17.0 Å². The Morgan fingerprint density at radius 3 is 2.40 bits per heavy atom. The zero-order valence-corrected chi connectivity index (χ0v) is 16.8. The summed E-state index contributed by atoms with van der Waals surface area (Å²) in [5.41, 5.74) is 3.03. The number of nitro groups is 1. The maximum absolute atomic E-state index is 11.9. The SMILES string of the molecule is CC1=C(OC(=O)O)C(c2ccccc2OCc2ccc(C)cc2)C([N+](=O)[O-])=C(C)N1. The molecule has 0 bridgehead atoms. The molecule has 3 rings (SSSR count). The fraction of sp³-hybridized carbons (Fsp3) is 0.227. The van der Waals surface area contributed by atoms with E-state index in [4.69, 9.17) is 9.47 Å². The van der Waals surface area contributed by atoms with Gasteiger partial charge in [-0.2, -0.15) is 0 Å². The molecule has 2 aromatic rings. The number of nitrogens with zero attached hydrogens (tertiary/aromatic N) is 1. The van der Waals surface area contributed by atoms with Crippen LogP contribution in [0.2, 0.25) is 0 Å². The van der Waals surface area contributed by atoms with Gasteiger partial charge in [0.15, 0.2) is 0 Å². The average molecular weight is 410 g/mol. The van der Waals surface area contributed by atoms with Crippen LogP contribution in [0.1, 0.15) is 36.5 Å². The van der Waals surface area contributed by atoms with Crippen molar-refractivity contribution in [2.75, 3.05) is 0 Å². The van der Waals surface area contributed by atoms with Crippen molar-refractivity contribution in [3.05, 3.63) is 98.2 Å². The second-order valence-electron chi connectivity index (χ2n) is 6.99. The Morgan fingerprint density at radius 2 is 1.77 bits per heavy atom. The number of rotatable bonds is 6. The van der Waals surface area contributed by atoms with Crippen LogP contribution in [0.3, 0.4) is 0 Å². The maximum atomic E-state index is 11.9. The minimum atomic E-state index is -1.54. The summed E-state index contributed by atoms with van der Waals surface area (Å²) in [6.45, 7) is 5.43. The van der Waals surface area contributed by atoms with Crippen molar-refractivity contribution in [2.45, 2.75) is 33.3 Å². The lowest BCUT2D eigenvalue weighted by Gasteiger charge is -2.27. The lowest BCUT2D eigenvalue weighted by molar-refractivity contribution is -0.431. The summed E-state index contributed by atoms with van der Waals surface area (Å²) < 4.78 is 10.9.